The van der Waals surface area contributed by atoms with Gasteiger partial charge in [-0.05, 0) is 27.9 Å². The van der Waals surface area contributed by atoms with Gasteiger partial charge in [0.1, 0.15) is 5.15 Å². The SMILES string of the molecule is CCC(CC)CNc1cnc(Cl)c(Br)c1. The molecule has 0 fully saturated rings. The lowest BCUT2D eigenvalue weighted by molar-refractivity contribution is 0.519. The zero-order valence-corrected chi connectivity index (χ0v) is 11.4. The van der Waals surface area contributed by atoms with Crippen molar-refractivity contribution in [2.24, 2.45) is 5.92 Å². The maximum absolute atomic E-state index is 5.81. The Balaban J connectivity index is 2.54. The number of hydrogen-bond donors (Lipinski definition) is 1. The van der Waals surface area contributed by atoms with Gasteiger partial charge in [0.05, 0.1) is 16.4 Å². The van der Waals surface area contributed by atoms with E-state index in [-0.39, 0.29) is 0 Å². The number of hydrogen-bond acceptors (Lipinski definition) is 2. The zero-order valence-electron chi connectivity index (χ0n) is 9.06. The molecule has 0 saturated carbocycles. The highest BCUT2D eigenvalue weighted by Crippen LogP contribution is 2.23. The Morgan fingerprint density at radius 3 is 2.67 bits per heavy atom. The largest absolute Gasteiger partial charge is 0.383 e. The topological polar surface area (TPSA) is 24.9 Å². The van der Waals surface area contributed by atoms with Gasteiger partial charge in [0.25, 0.3) is 0 Å². The molecule has 0 amide bonds. The van der Waals surface area contributed by atoms with Crippen LogP contribution < -0.4 is 5.32 Å². The van der Waals surface area contributed by atoms with Crippen LogP contribution >= 0.6 is 27.5 Å². The lowest BCUT2D eigenvalue weighted by Crippen LogP contribution is -2.12. The number of rotatable bonds is 5. The van der Waals surface area contributed by atoms with E-state index in [0.29, 0.717) is 5.15 Å². The summed E-state index contributed by atoms with van der Waals surface area (Å²) in [5.74, 6) is 0.722. The smallest absolute Gasteiger partial charge is 0.143 e. The molecule has 0 aromatic carbocycles. The van der Waals surface area contributed by atoms with Crippen LogP contribution in [0.25, 0.3) is 0 Å². The Morgan fingerprint density at radius 1 is 1.47 bits per heavy atom. The highest BCUT2D eigenvalue weighted by atomic mass is 79.9. The zero-order chi connectivity index (χ0) is 11.3. The van der Waals surface area contributed by atoms with Gasteiger partial charge in [-0.25, -0.2) is 4.98 Å². The van der Waals surface area contributed by atoms with Gasteiger partial charge in [-0.3, -0.25) is 0 Å². The van der Waals surface area contributed by atoms with Gasteiger partial charge >= 0.3 is 0 Å². The van der Waals surface area contributed by atoms with Crippen molar-refractivity contribution in [3.05, 3.63) is 21.9 Å². The van der Waals surface area contributed by atoms with E-state index in [2.05, 4.69) is 40.1 Å². The third kappa shape index (κ3) is 3.99. The summed E-state index contributed by atoms with van der Waals surface area (Å²) in [5, 5.41) is 3.87. The van der Waals surface area contributed by atoms with Gasteiger partial charge < -0.3 is 5.32 Å². The van der Waals surface area contributed by atoms with Gasteiger partial charge in [0.2, 0.25) is 0 Å². The first-order chi connectivity index (χ1) is 7.17. The predicted molar refractivity (Wildman–Crippen MR) is 69.5 cm³/mol. The van der Waals surface area contributed by atoms with Crippen LogP contribution in [0.3, 0.4) is 0 Å². The summed E-state index contributed by atoms with van der Waals surface area (Å²) in [6.07, 6.45) is 4.16. The molecule has 15 heavy (non-hydrogen) atoms. The summed E-state index contributed by atoms with van der Waals surface area (Å²) >= 11 is 9.16. The van der Waals surface area contributed by atoms with Crippen LogP contribution in [-0.2, 0) is 0 Å². The number of nitrogens with zero attached hydrogens (tertiary/aromatic N) is 1. The van der Waals surface area contributed by atoms with Crippen LogP contribution in [0.15, 0.2) is 16.7 Å². The van der Waals surface area contributed by atoms with E-state index in [1.807, 2.05) is 6.07 Å². The molecular formula is C11H16BrClN2. The summed E-state index contributed by atoms with van der Waals surface area (Å²) in [6.45, 7) is 5.42. The molecule has 84 valence electrons. The van der Waals surface area contributed by atoms with E-state index in [9.17, 15) is 0 Å². The Kier molecular flexibility index (Phi) is 5.40. The molecule has 1 N–H and O–H groups in total. The van der Waals surface area contributed by atoms with Crippen LogP contribution in [0.1, 0.15) is 26.7 Å². The molecule has 0 radical (unpaired) electrons. The fourth-order valence-corrected chi connectivity index (χ4v) is 1.81. The first kappa shape index (κ1) is 12.8. The van der Waals surface area contributed by atoms with Gasteiger partial charge in [-0.1, -0.05) is 38.3 Å². The average Bonchev–Trinajstić information content (AvgIpc) is 2.24. The highest BCUT2D eigenvalue weighted by molar-refractivity contribution is 9.10. The van der Waals surface area contributed by atoms with E-state index in [1.54, 1.807) is 6.20 Å². The number of anilines is 1. The Bertz CT molecular complexity index is 313. The fourth-order valence-electron chi connectivity index (χ4n) is 1.36. The summed E-state index contributed by atoms with van der Waals surface area (Å²) in [7, 11) is 0. The predicted octanol–water partition coefficient (Wildman–Crippen LogP) is 4.35. The van der Waals surface area contributed by atoms with E-state index >= 15 is 0 Å². The number of nitrogens with one attached hydrogen (secondary N) is 1. The second-order valence-electron chi connectivity index (χ2n) is 3.56. The van der Waals surface area contributed by atoms with Crippen molar-refractivity contribution in [3.63, 3.8) is 0 Å². The lowest BCUT2D eigenvalue weighted by Gasteiger charge is -2.14. The molecular weight excluding hydrogens is 275 g/mol. The van der Waals surface area contributed by atoms with E-state index in [4.69, 9.17) is 11.6 Å². The van der Waals surface area contributed by atoms with Crippen LogP contribution in [0.4, 0.5) is 5.69 Å². The van der Waals surface area contributed by atoms with E-state index in [1.165, 1.54) is 12.8 Å². The quantitative estimate of drug-likeness (QED) is 0.816. The molecule has 0 aliphatic rings. The number of pyridine rings is 1. The van der Waals surface area contributed by atoms with Crippen molar-refractivity contribution in [2.75, 3.05) is 11.9 Å². The fraction of sp³-hybridized carbons (Fsp3) is 0.545. The van der Waals surface area contributed by atoms with Gasteiger partial charge in [0, 0.05) is 6.54 Å². The molecule has 0 spiro atoms. The van der Waals surface area contributed by atoms with Crippen LogP contribution in [0.5, 0.6) is 0 Å². The molecule has 1 heterocycles. The summed E-state index contributed by atoms with van der Waals surface area (Å²) in [6, 6.07) is 1.96. The minimum atomic E-state index is 0.503. The summed E-state index contributed by atoms with van der Waals surface area (Å²) in [4.78, 5) is 4.06. The average molecular weight is 292 g/mol. The molecule has 1 rings (SSSR count). The second kappa shape index (κ2) is 6.33. The summed E-state index contributed by atoms with van der Waals surface area (Å²) < 4.78 is 0.832. The van der Waals surface area contributed by atoms with Crippen LogP contribution in [0.2, 0.25) is 5.15 Å². The minimum absolute atomic E-state index is 0.503. The molecule has 0 saturated heterocycles. The van der Waals surface area contributed by atoms with Gasteiger partial charge in [-0.15, -0.1) is 0 Å². The molecule has 4 heteroatoms. The Hall–Kier alpha value is -0.280. The first-order valence-electron chi connectivity index (χ1n) is 5.22. The number of halogens is 2. The third-order valence-electron chi connectivity index (χ3n) is 2.55. The van der Waals surface area contributed by atoms with Gasteiger partial charge in [-0.2, -0.15) is 0 Å². The van der Waals surface area contributed by atoms with E-state index in [0.717, 1.165) is 22.6 Å². The molecule has 2 nitrogen and oxygen atoms in total. The molecule has 0 atom stereocenters. The van der Waals surface area contributed by atoms with Crippen LogP contribution in [0, 0.1) is 5.92 Å². The second-order valence-corrected chi connectivity index (χ2v) is 4.77. The van der Waals surface area contributed by atoms with Crippen molar-refractivity contribution in [1.29, 1.82) is 0 Å². The molecule has 0 aliphatic carbocycles. The Labute approximate surface area is 105 Å². The molecule has 0 unspecified atom stereocenters. The third-order valence-corrected chi connectivity index (χ3v) is 3.68. The minimum Gasteiger partial charge on any atom is -0.383 e. The van der Waals surface area contributed by atoms with Crippen molar-refractivity contribution in [2.45, 2.75) is 26.7 Å². The monoisotopic (exact) mass is 290 g/mol. The van der Waals surface area contributed by atoms with Crippen molar-refractivity contribution >= 4 is 33.2 Å². The normalized spacial score (nSPS) is 10.7. The molecule has 0 bridgehead atoms. The molecule has 1 aromatic heterocycles. The molecule has 1 aromatic rings. The van der Waals surface area contributed by atoms with Crippen molar-refractivity contribution in [3.8, 4) is 0 Å². The first-order valence-corrected chi connectivity index (χ1v) is 6.39. The van der Waals surface area contributed by atoms with Gasteiger partial charge in [0.15, 0.2) is 0 Å². The van der Waals surface area contributed by atoms with Crippen LogP contribution in [-0.4, -0.2) is 11.5 Å². The highest BCUT2D eigenvalue weighted by Gasteiger charge is 2.04. The maximum atomic E-state index is 5.81. The lowest BCUT2D eigenvalue weighted by atomic mass is 10.0. The summed E-state index contributed by atoms with van der Waals surface area (Å²) in [5.41, 5.74) is 1.01. The van der Waals surface area contributed by atoms with Crippen molar-refractivity contribution < 1.29 is 0 Å². The standard InChI is InChI=1S/C11H16BrClN2/c1-3-8(4-2)6-14-9-5-10(12)11(13)15-7-9/h5,7-8,14H,3-4,6H2,1-2H3. The molecule has 0 aliphatic heterocycles. The Morgan fingerprint density at radius 2 is 2.13 bits per heavy atom. The maximum Gasteiger partial charge on any atom is 0.143 e. The number of aromatic nitrogens is 1. The van der Waals surface area contributed by atoms with E-state index < -0.39 is 0 Å². The van der Waals surface area contributed by atoms with Crippen molar-refractivity contribution in [1.82, 2.24) is 4.98 Å².